The lowest BCUT2D eigenvalue weighted by Crippen LogP contribution is -2.47. The second-order valence-corrected chi connectivity index (χ2v) is 9.45. The summed E-state index contributed by atoms with van der Waals surface area (Å²) in [7, 11) is 0. The molecule has 34 heavy (non-hydrogen) atoms. The standard InChI is InChI=1S/C26H32F5N3/c27-24-5-4-21(18-25(24)28)9-13-32-10-6-20(7-11-32)8-12-33-14-16-34(17-15-33)23-3-1-2-22(19-23)26(29,30)31/h1-5,18-20H,6-17H2. The predicted molar refractivity (Wildman–Crippen MR) is 124 cm³/mol. The highest BCUT2D eigenvalue weighted by atomic mass is 19.4. The van der Waals surface area contributed by atoms with Crippen molar-refractivity contribution in [3.63, 3.8) is 0 Å². The fourth-order valence-corrected chi connectivity index (χ4v) is 4.95. The molecule has 0 bridgehead atoms. The van der Waals surface area contributed by atoms with Gasteiger partial charge >= 0.3 is 6.18 Å². The first-order chi connectivity index (χ1) is 16.3. The Hall–Kier alpha value is -2.19. The van der Waals surface area contributed by atoms with Crippen LogP contribution >= 0.6 is 0 Å². The Kier molecular flexibility index (Phi) is 8.09. The molecule has 0 spiro atoms. The third-order valence-electron chi connectivity index (χ3n) is 7.17. The molecule has 2 heterocycles. The zero-order chi connectivity index (χ0) is 24.1. The van der Waals surface area contributed by atoms with Crippen molar-refractivity contribution in [2.45, 2.75) is 31.9 Å². The normalized spacial score (nSPS) is 19.0. The fourth-order valence-electron chi connectivity index (χ4n) is 4.95. The lowest BCUT2D eigenvalue weighted by Gasteiger charge is -2.38. The first-order valence-corrected chi connectivity index (χ1v) is 12.1. The van der Waals surface area contributed by atoms with Gasteiger partial charge in [0.25, 0.3) is 0 Å². The van der Waals surface area contributed by atoms with Crippen LogP contribution in [0.15, 0.2) is 42.5 Å². The summed E-state index contributed by atoms with van der Waals surface area (Å²) < 4.78 is 65.4. The van der Waals surface area contributed by atoms with Gasteiger partial charge in [0.1, 0.15) is 0 Å². The SMILES string of the molecule is Fc1ccc(CCN2CCC(CCN3CCN(c4cccc(C(F)(F)F)c4)CC3)CC2)cc1F. The minimum atomic E-state index is -4.31. The molecule has 3 nitrogen and oxygen atoms in total. The number of nitrogens with zero attached hydrogens (tertiary/aromatic N) is 3. The van der Waals surface area contributed by atoms with Gasteiger partial charge in [-0.2, -0.15) is 13.2 Å². The van der Waals surface area contributed by atoms with Crippen LogP contribution in [-0.4, -0.2) is 62.2 Å². The van der Waals surface area contributed by atoms with Crippen molar-refractivity contribution in [1.82, 2.24) is 9.80 Å². The summed E-state index contributed by atoms with van der Waals surface area (Å²) in [5.74, 6) is -0.908. The van der Waals surface area contributed by atoms with E-state index in [1.165, 1.54) is 24.3 Å². The first-order valence-electron chi connectivity index (χ1n) is 12.1. The van der Waals surface area contributed by atoms with Gasteiger partial charge in [0.2, 0.25) is 0 Å². The summed E-state index contributed by atoms with van der Waals surface area (Å²) in [6, 6.07) is 9.73. The number of rotatable bonds is 7. The minimum Gasteiger partial charge on any atom is -0.369 e. The number of piperazine rings is 1. The molecule has 0 aliphatic carbocycles. The van der Waals surface area contributed by atoms with Crippen LogP contribution in [0.3, 0.4) is 0 Å². The van der Waals surface area contributed by atoms with Gasteiger partial charge in [-0.3, -0.25) is 4.90 Å². The van der Waals surface area contributed by atoms with Crippen molar-refractivity contribution < 1.29 is 22.0 Å². The Morgan fingerprint density at radius 3 is 2.15 bits per heavy atom. The molecule has 0 saturated carbocycles. The van der Waals surface area contributed by atoms with Crippen LogP contribution in [0.2, 0.25) is 0 Å². The molecule has 2 aromatic rings. The largest absolute Gasteiger partial charge is 0.416 e. The van der Waals surface area contributed by atoms with Crippen molar-refractivity contribution in [2.75, 3.05) is 57.3 Å². The zero-order valence-electron chi connectivity index (χ0n) is 19.3. The number of benzene rings is 2. The maximum Gasteiger partial charge on any atom is 0.416 e. The van der Waals surface area contributed by atoms with Crippen molar-refractivity contribution in [1.29, 1.82) is 0 Å². The molecule has 0 unspecified atom stereocenters. The van der Waals surface area contributed by atoms with Gasteiger partial charge in [-0.1, -0.05) is 12.1 Å². The van der Waals surface area contributed by atoms with Crippen molar-refractivity contribution in [3.05, 3.63) is 65.2 Å². The smallest absolute Gasteiger partial charge is 0.369 e. The Labute approximate surface area is 198 Å². The van der Waals surface area contributed by atoms with E-state index in [1.54, 1.807) is 12.1 Å². The highest BCUT2D eigenvalue weighted by molar-refractivity contribution is 5.49. The summed E-state index contributed by atoms with van der Waals surface area (Å²) in [6.45, 7) is 7.14. The zero-order valence-corrected chi connectivity index (χ0v) is 19.3. The van der Waals surface area contributed by atoms with Gasteiger partial charge in [-0.25, -0.2) is 8.78 Å². The van der Waals surface area contributed by atoms with Gasteiger partial charge in [-0.15, -0.1) is 0 Å². The summed E-state index contributed by atoms with van der Waals surface area (Å²) in [5, 5.41) is 0. The molecule has 2 saturated heterocycles. The third-order valence-corrected chi connectivity index (χ3v) is 7.17. The number of hydrogen-bond donors (Lipinski definition) is 0. The van der Waals surface area contributed by atoms with E-state index in [0.29, 0.717) is 11.6 Å². The molecule has 0 aromatic heterocycles. The van der Waals surface area contributed by atoms with Gasteiger partial charge < -0.3 is 9.80 Å². The Bertz CT molecular complexity index is 932. The van der Waals surface area contributed by atoms with Gasteiger partial charge in [-0.05, 0) is 87.1 Å². The molecule has 186 valence electrons. The highest BCUT2D eigenvalue weighted by Crippen LogP contribution is 2.32. The lowest BCUT2D eigenvalue weighted by atomic mass is 9.93. The molecule has 2 aromatic carbocycles. The van der Waals surface area contributed by atoms with Crippen LogP contribution in [0.4, 0.5) is 27.6 Å². The number of alkyl halides is 3. The van der Waals surface area contributed by atoms with E-state index >= 15 is 0 Å². The van der Waals surface area contributed by atoms with Crippen molar-refractivity contribution in [2.24, 2.45) is 5.92 Å². The van der Waals surface area contributed by atoms with E-state index in [4.69, 9.17) is 0 Å². The molecule has 0 radical (unpaired) electrons. The van der Waals surface area contributed by atoms with Crippen LogP contribution in [-0.2, 0) is 12.6 Å². The molecule has 0 atom stereocenters. The molecule has 2 aliphatic heterocycles. The molecular weight excluding hydrogens is 449 g/mol. The monoisotopic (exact) mass is 481 g/mol. The van der Waals surface area contributed by atoms with Crippen molar-refractivity contribution in [3.8, 4) is 0 Å². The maximum absolute atomic E-state index is 13.4. The van der Waals surface area contributed by atoms with Crippen LogP contribution in [0.1, 0.15) is 30.4 Å². The number of halogens is 5. The van der Waals surface area contributed by atoms with Gasteiger partial charge in [0.05, 0.1) is 5.56 Å². The lowest BCUT2D eigenvalue weighted by molar-refractivity contribution is -0.137. The van der Waals surface area contributed by atoms with E-state index in [2.05, 4.69) is 9.80 Å². The van der Waals surface area contributed by atoms with E-state index in [0.717, 1.165) is 89.7 Å². The fraction of sp³-hybridized carbons (Fsp3) is 0.538. The van der Waals surface area contributed by atoms with Crippen LogP contribution in [0.25, 0.3) is 0 Å². The van der Waals surface area contributed by atoms with E-state index < -0.39 is 23.4 Å². The molecule has 4 rings (SSSR count). The topological polar surface area (TPSA) is 9.72 Å². The highest BCUT2D eigenvalue weighted by Gasteiger charge is 2.31. The number of likely N-dealkylation sites (tertiary alicyclic amines) is 1. The molecular formula is C26H32F5N3. The van der Waals surface area contributed by atoms with Crippen LogP contribution < -0.4 is 4.90 Å². The van der Waals surface area contributed by atoms with Gasteiger partial charge in [0.15, 0.2) is 11.6 Å². The summed E-state index contributed by atoms with van der Waals surface area (Å²) >= 11 is 0. The number of piperidine rings is 1. The predicted octanol–water partition coefficient (Wildman–Crippen LogP) is 5.45. The Balaban J connectivity index is 1.14. The third kappa shape index (κ3) is 6.69. The first kappa shape index (κ1) is 24.9. The molecule has 0 amide bonds. The molecule has 8 heteroatoms. The molecule has 2 fully saturated rings. The quantitative estimate of drug-likeness (QED) is 0.487. The summed E-state index contributed by atoms with van der Waals surface area (Å²) in [4.78, 5) is 6.85. The average molecular weight is 482 g/mol. The average Bonchev–Trinajstić information content (AvgIpc) is 2.84. The van der Waals surface area contributed by atoms with Crippen molar-refractivity contribution >= 4 is 5.69 Å². The number of anilines is 1. The Morgan fingerprint density at radius 2 is 1.47 bits per heavy atom. The van der Waals surface area contributed by atoms with E-state index in [9.17, 15) is 22.0 Å². The van der Waals surface area contributed by atoms with Crippen LogP contribution in [0, 0.1) is 17.6 Å². The van der Waals surface area contributed by atoms with E-state index in [-0.39, 0.29) is 0 Å². The Morgan fingerprint density at radius 1 is 0.765 bits per heavy atom. The number of hydrogen-bond acceptors (Lipinski definition) is 3. The van der Waals surface area contributed by atoms with Crippen LogP contribution in [0.5, 0.6) is 0 Å². The summed E-state index contributed by atoms with van der Waals surface area (Å²) in [6.07, 6.45) is -0.172. The van der Waals surface area contributed by atoms with E-state index in [1.807, 2.05) is 4.90 Å². The minimum absolute atomic E-state index is 0.594. The maximum atomic E-state index is 13.4. The molecule has 0 N–H and O–H groups in total. The second-order valence-electron chi connectivity index (χ2n) is 9.45. The second kappa shape index (κ2) is 11.0. The van der Waals surface area contributed by atoms with Gasteiger partial charge in [0, 0.05) is 38.4 Å². The molecule has 2 aliphatic rings. The summed E-state index contributed by atoms with van der Waals surface area (Å²) in [5.41, 5.74) is 0.874.